The summed E-state index contributed by atoms with van der Waals surface area (Å²) in [7, 11) is 3.09. The molecule has 0 saturated carbocycles. The summed E-state index contributed by atoms with van der Waals surface area (Å²) in [6.45, 7) is 1.83. The number of nitrogen functional groups attached to an aromatic ring is 1. The summed E-state index contributed by atoms with van der Waals surface area (Å²) in [5, 5.41) is 0. The van der Waals surface area contributed by atoms with Crippen LogP contribution in [0.15, 0.2) is 36.4 Å². The Balaban J connectivity index is 2.50. The van der Waals surface area contributed by atoms with Gasteiger partial charge in [-0.2, -0.15) is 0 Å². The van der Waals surface area contributed by atoms with Crippen molar-refractivity contribution in [3.05, 3.63) is 53.1 Å². The van der Waals surface area contributed by atoms with Gasteiger partial charge in [-0.05, 0) is 30.7 Å². The van der Waals surface area contributed by atoms with Crippen LogP contribution in [0.25, 0.3) is 0 Å². The Labute approximate surface area is 118 Å². The van der Waals surface area contributed by atoms with Gasteiger partial charge in [0.1, 0.15) is 11.5 Å². The van der Waals surface area contributed by atoms with E-state index < -0.39 is 0 Å². The van der Waals surface area contributed by atoms with E-state index in [0.717, 1.165) is 5.56 Å². The minimum Gasteiger partial charge on any atom is -0.497 e. The SMILES string of the molecule is COc1ccc(C(=O)c2cccc(N)c2C)c(OC)c1. The van der Waals surface area contributed by atoms with Crippen molar-refractivity contribution >= 4 is 11.5 Å². The molecule has 2 aromatic carbocycles. The third-order valence-corrected chi connectivity index (χ3v) is 3.27. The second kappa shape index (κ2) is 5.65. The Hall–Kier alpha value is -2.49. The van der Waals surface area contributed by atoms with Gasteiger partial charge in [0.2, 0.25) is 0 Å². The lowest BCUT2D eigenvalue weighted by Gasteiger charge is -2.11. The Morgan fingerprint density at radius 2 is 1.80 bits per heavy atom. The maximum absolute atomic E-state index is 12.6. The minimum atomic E-state index is -0.116. The van der Waals surface area contributed by atoms with Gasteiger partial charge >= 0.3 is 0 Å². The molecule has 0 atom stereocenters. The van der Waals surface area contributed by atoms with Crippen molar-refractivity contribution in [2.45, 2.75) is 6.92 Å². The van der Waals surface area contributed by atoms with E-state index in [1.807, 2.05) is 6.92 Å². The molecule has 4 heteroatoms. The van der Waals surface area contributed by atoms with Gasteiger partial charge in [-0.25, -0.2) is 0 Å². The quantitative estimate of drug-likeness (QED) is 0.686. The molecule has 20 heavy (non-hydrogen) atoms. The fourth-order valence-electron chi connectivity index (χ4n) is 2.03. The number of benzene rings is 2. The van der Waals surface area contributed by atoms with E-state index in [9.17, 15) is 4.79 Å². The van der Waals surface area contributed by atoms with Crippen molar-refractivity contribution in [3.63, 3.8) is 0 Å². The average molecular weight is 271 g/mol. The molecule has 4 nitrogen and oxygen atoms in total. The molecule has 0 spiro atoms. The number of ketones is 1. The number of methoxy groups -OCH3 is 2. The van der Waals surface area contributed by atoms with E-state index >= 15 is 0 Å². The molecule has 2 N–H and O–H groups in total. The topological polar surface area (TPSA) is 61.5 Å². The summed E-state index contributed by atoms with van der Waals surface area (Å²) in [6, 6.07) is 10.4. The maximum atomic E-state index is 12.6. The lowest BCUT2D eigenvalue weighted by Crippen LogP contribution is -2.07. The minimum absolute atomic E-state index is 0.116. The highest BCUT2D eigenvalue weighted by Crippen LogP contribution is 2.28. The zero-order chi connectivity index (χ0) is 14.7. The highest BCUT2D eigenvalue weighted by molar-refractivity contribution is 6.12. The first-order valence-corrected chi connectivity index (χ1v) is 6.20. The van der Waals surface area contributed by atoms with E-state index in [1.54, 1.807) is 43.5 Å². The van der Waals surface area contributed by atoms with Gasteiger partial charge in [-0.1, -0.05) is 12.1 Å². The number of ether oxygens (including phenoxy) is 2. The number of carbonyl (C=O) groups excluding carboxylic acids is 1. The van der Waals surface area contributed by atoms with Gasteiger partial charge in [0.25, 0.3) is 0 Å². The normalized spacial score (nSPS) is 10.2. The molecule has 0 radical (unpaired) electrons. The Morgan fingerprint density at radius 1 is 1.05 bits per heavy atom. The second-order valence-electron chi connectivity index (χ2n) is 4.42. The second-order valence-corrected chi connectivity index (χ2v) is 4.42. The first-order chi connectivity index (χ1) is 9.58. The fraction of sp³-hybridized carbons (Fsp3) is 0.188. The highest BCUT2D eigenvalue weighted by Gasteiger charge is 2.17. The molecule has 0 aliphatic carbocycles. The molecule has 0 saturated heterocycles. The van der Waals surface area contributed by atoms with Crippen molar-refractivity contribution in [3.8, 4) is 11.5 Å². The van der Waals surface area contributed by atoms with Gasteiger partial charge in [-0.15, -0.1) is 0 Å². The highest BCUT2D eigenvalue weighted by atomic mass is 16.5. The van der Waals surface area contributed by atoms with Crippen LogP contribution in [0.3, 0.4) is 0 Å². The molecule has 104 valence electrons. The molecule has 0 heterocycles. The lowest BCUT2D eigenvalue weighted by molar-refractivity contribution is 0.103. The van der Waals surface area contributed by atoms with Gasteiger partial charge in [0, 0.05) is 17.3 Å². The predicted octanol–water partition coefficient (Wildman–Crippen LogP) is 2.83. The summed E-state index contributed by atoms with van der Waals surface area (Å²) in [6.07, 6.45) is 0. The summed E-state index contributed by atoms with van der Waals surface area (Å²) >= 11 is 0. The average Bonchev–Trinajstić information content (AvgIpc) is 2.48. The monoisotopic (exact) mass is 271 g/mol. The van der Waals surface area contributed by atoms with Crippen LogP contribution in [0.4, 0.5) is 5.69 Å². The van der Waals surface area contributed by atoms with Crippen molar-refractivity contribution in [1.82, 2.24) is 0 Å². The molecule has 0 aromatic heterocycles. The van der Waals surface area contributed by atoms with E-state index in [4.69, 9.17) is 15.2 Å². The summed E-state index contributed by atoms with van der Waals surface area (Å²) in [5.74, 6) is 1.01. The van der Waals surface area contributed by atoms with E-state index in [-0.39, 0.29) is 5.78 Å². The standard InChI is InChI=1S/C16H17NO3/c1-10-12(5-4-6-14(10)17)16(18)13-8-7-11(19-2)9-15(13)20-3/h4-9H,17H2,1-3H3. The number of anilines is 1. The van der Waals surface area contributed by atoms with Crippen LogP contribution in [-0.4, -0.2) is 20.0 Å². The number of nitrogens with two attached hydrogens (primary N) is 1. The molecular weight excluding hydrogens is 254 g/mol. The number of carbonyl (C=O) groups is 1. The molecule has 0 aliphatic heterocycles. The van der Waals surface area contributed by atoms with E-state index in [0.29, 0.717) is 28.3 Å². The maximum Gasteiger partial charge on any atom is 0.197 e. The van der Waals surface area contributed by atoms with E-state index in [1.165, 1.54) is 7.11 Å². The third kappa shape index (κ3) is 2.45. The van der Waals surface area contributed by atoms with Gasteiger partial charge in [0.15, 0.2) is 5.78 Å². The number of hydrogen-bond donors (Lipinski definition) is 1. The van der Waals surface area contributed by atoms with Gasteiger partial charge in [0.05, 0.1) is 19.8 Å². The van der Waals surface area contributed by atoms with Gasteiger partial charge < -0.3 is 15.2 Å². The number of hydrogen-bond acceptors (Lipinski definition) is 4. The zero-order valence-corrected chi connectivity index (χ0v) is 11.8. The zero-order valence-electron chi connectivity index (χ0n) is 11.8. The molecule has 0 fully saturated rings. The smallest absolute Gasteiger partial charge is 0.197 e. The Kier molecular flexibility index (Phi) is 3.94. The van der Waals surface area contributed by atoms with Crippen molar-refractivity contribution in [2.24, 2.45) is 0 Å². The van der Waals surface area contributed by atoms with Crippen LogP contribution in [0.5, 0.6) is 11.5 Å². The van der Waals surface area contributed by atoms with Crippen LogP contribution in [0.2, 0.25) is 0 Å². The van der Waals surface area contributed by atoms with Crippen LogP contribution < -0.4 is 15.2 Å². The van der Waals surface area contributed by atoms with E-state index in [2.05, 4.69) is 0 Å². The summed E-state index contributed by atoms with van der Waals surface area (Å²) in [5.41, 5.74) is 8.29. The molecule has 0 amide bonds. The Morgan fingerprint density at radius 3 is 2.45 bits per heavy atom. The van der Waals surface area contributed by atoms with Gasteiger partial charge in [-0.3, -0.25) is 4.79 Å². The molecule has 2 aromatic rings. The molecule has 2 rings (SSSR count). The van der Waals surface area contributed by atoms with Crippen molar-refractivity contribution in [1.29, 1.82) is 0 Å². The predicted molar refractivity (Wildman–Crippen MR) is 78.6 cm³/mol. The molecular formula is C16H17NO3. The Bertz CT molecular complexity index is 650. The van der Waals surface area contributed by atoms with Crippen LogP contribution >= 0.6 is 0 Å². The molecule has 0 bridgehead atoms. The summed E-state index contributed by atoms with van der Waals surface area (Å²) < 4.78 is 10.4. The summed E-state index contributed by atoms with van der Waals surface area (Å²) in [4.78, 5) is 12.6. The molecule has 0 unspecified atom stereocenters. The van der Waals surface area contributed by atoms with Crippen molar-refractivity contribution < 1.29 is 14.3 Å². The lowest BCUT2D eigenvalue weighted by atomic mass is 9.97. The third-order valence-electron chi connectivity index (χ3n) is 3.27. The van der Waals surface area contributed by atoms with Crippen LogP contribution in [-0.2, 0) is 0 Å². The van der Waals surface area contributed by atoms with Crippen molar-refractivity contribution in [2.75, 3.05) is 20.0 Å². The largest absolute Gasteiger partial charge is 0.497 e. The van der Waals surface area contributed by atoms with Crippen LogP contribution in [0.1, 0.15) is 21.5 Å². The first-order valence-electron chi connectivity index (χ1n) is 6.20. The number of rotatable bonds is 4. The first kappa shape index (κ1) is 13.9. The fourth-order valence-corrected chi connectivity index (χ4v) is 2.03. The van der Waals surface area contributed by atoms with Crippen LogP contribution in [0, 0.1) is 6.92 Å². The molecule has 0 aliphatic rings.